The summed E-state index contributed by atoms with van der Waals surface area (Å²) in [5, 5.41) is 0. The van der Waals surface area contributed by atoms with Gasteiger partial charge in [-0.1, -0.05) is 35.9 Å². The number of hydrogen-bond acceptors (Lipinski definition) is 2. The number of hydrogen-bond donors (Lipinski definition) is 0. The van der Waals surface area contributed by atoms with Crippen molar-refractivity contribution in [2.24, 2.45) is 0 Å². The Bertz CT molecular complexity index is 784. The molecule has 0 spiro atoms. The molecule has 0 saturated heterocycles. The first-order valence-electron chi connectivity index (χ1n) is 6.80. The number of sulfonamides is 1. The number of rotatable bonds is 4. The fraction of sp³-hybridized carbons (Fsp3) is 0.250. The molecule has 3 nitrogen and oxygen atoms in total. The van der Waals surface area contributed by atoms with Crippen LogP contribution >= 0.6 is 0 Å². The lowest BCUT2D eigenvalue weighted by atomic mass is 10.1. The van der Waals surface area contributed by atoms with E-state index in [1.165, 1.54) is 37.4 Å². The molecule has 0 N–H and O–H groups in total. The van der Waals surface area contributed by atoms with Crippen LogP contribution in [0.2, 0.25) is 0 Å². The summed E-state index contributed by atoms with van der Waals surface area (Å²) in [7, 11) is -2.58. The third-order valence-corrected chi connectivity index (χ3v) is 5.26. The van der Waals surface area contributed by atoms with Crippen molar-refractivity contribution >= 4 is 10.0 Å². The predicted octanol–water partition coefficient (Wildman–Crippen LogP) is 3.83. The Balaban J connectivity index is 2.32. The number of alkyl halides is 3. The zero-order valence-corrected chi connectivity index (χ0v) is 13.4. The van der Waals surface area contributed by atoms with Crippen LogP contribution in [0.25, 0.3) is 0 Å². The Labute approximate surface area is 133 Å². The Kier molecular flexibility index (Phi) is 4.81. The molecule has 0 aromatic heterocycles. The largest absolute Gasteiger partial charge is 0.416 e. The molecule has 124 valence electrons. The molecule has 2 rings (SSSR count). The molecule has 0 atom stereocenters. The van der Waals surface area contributed by atoms with E-state index in [1.54, 1.807) is 12.1 Å². The standard InChI is InChI=1S/C16H16F3NO2S/c1-12-7-9-14(10-8-12)23(21,22)20(2)11-13-5-3-4-6-15(13)16(17,18)19/h3-10H,11H2,1-2H3. The van der Waals surface area contributed by atoms with Gasteiger partial charge in [0, 0.05) is 13.6 Å². The molecule has 0 bridgehead atoms. The molecule has 2 aromatic carbocycles. The second-order valence-electron chi connectivity index (χ2n) is 5.23. The van der Waals surface area contributed by atoms with Gasteiger partial charge in [-0.3, -0.25) is 0 Å². The van der Waals surface area contributed by atoms with E-state index in [0.717, 1.165) is 15.9 Å². The Morgan fingerprint density at radius 1 is 1.00 bits per heavy atom. The molecular weight excluding hydrogens is 327 g/mol. The summed E-state index contributed by atoms with van der Waals surface area (Å²) in [4.78, 5) is 0.0510. The quantitative estimate of drug-likeness (QED) is 0.846. The average Bonchev–Trinajstić information content (AvgIpc) is 2.47. The van der Waals surface area contributed by atoms with E-state index in [9.17, 15) is 21.6 Å². The minimum absolute atomic E-state index is 0.0510. The zero-order valence-electron chi connectivity index (χ0n) is 12.6. The minimum Gasteiger partial charge on any atom is -0.207 e. The highest BCUT2D eigenvalue weighted by atomic mass is 32.2. The molecule has 0 saturated carbocycles. The van der Waals surface area contributed by atoms with Gasteiger partial charge in [0.2, 0.25) is 10.0 Å². The summed E-state index contributed by atoms with van der Waals surface area (Å²) in [6.07, 6.45) is -4.52. The number of nitrogens with zero attached hydrogens (tertiary/aromatic N) is 1. The predicted molar refractivity (Wildman–Crippen MR) is 81.3 cm³/mol. The van der Waals surface area contributed by atoms with Gasteiger partial charge in [-0.25, -0.2) is 8.42 Å². The van der Waals surface area contributed by atoms with E-state index in [0.29, 0.717) is 0 Å². The molecule has 2 aromatic rings. The lowest BCUT2D eigenvalue weighted by Gasteiger charge is -2.20. The van der Waals surface area contributed by atoms with Crippen molar-refractivity contribution < 1.29 is 21.6 Å². The van der Waals surface area contributed by atoms with E-state index in [-0.39, 0.29) is 17.0 Å². The monoisotopic (exact) mass is 343 g/mol. The van der Waals surface area contributed by atoms with Gasteiger partial charge in [0.25, 0.3) is 0 Å². The average molecular weight is 343 g/mol. The van der Waals surface area contributed by atoms with Gasteiger partial charge >= 0.3 is 6.18 Å². The van der Waals surface area contributed by atoms with Gasteiger partial charge in [0.1, 0.15) is 0 Å². The van der Waals surface area contributed by atoms with Gasteiger partial charge < -0.3 is 0 Å². The van der Waals surface area contributed by atoms with E-state index in [1.807, 2.05) is 6.92 Å². The van der Waals surface area contributed by atoms with Crippen LogP contribution in [0.5, 0.6) is 0 Å². The van der Waals surface area contributed by atoms with Crippen molar-refractivity contribution in [3.8, 4) is 0 Å². The van der Waals surface area contributed by atoms with Gasteiger partial charge in [-0.15, -0.1) is 0 Å². The van der Waals surface area contributed by atoms with Crippen LogP contribution in [0, 0.1) is 6.92 Å². The van der Waals surface area contributed by atoms with Crippen LogP contribution < -0.4 is 0 Å². The van der Waals surface area contributed by atoms with Crippen LogP contribution in [0.15, 0.2) is 53.4 Å². The fourth-order valence-electron chi connectivity index (χ4n) is 2.15. The second kappa shape index (κ2) is 6.33. The molecule has 0 unspecified atom stereocenters. The van der Waals surface area contributed by atoms with Crippen molar-refractivity contribution in [1.29, 1.82) is 0 Å². The summed E-state index contributed by atoms with van der Waals surface area (Å²) >= 11 is 0. The number of benzene rings is 2. The van der Waals surface area contributed by atoms with Crippen LogP contribution in [-0.2, 0) is 22.7 Å². The number of halogens is 3. The van der Waals surface area contributed by atoms with E-state index in [4.69, 9.17) is 0 Å². The molecule has 23 heavy (non-hydrogen) atoms. The molecule has 7 heteroatoms. The maximum Gasteiger partial charge on any atom is 0.416 e. The Morgan fingerprint density at radius 2 is 1.57 bits per heavy atom. The highest BCUT2D eigenvalue weighted by Crippen LogP contribution is 2.32. The normalized spacial score (nSPS) is 12.6. The summed E-state index contributed by atoms with van der Waals surface area (Å²) < 4.78 is 64.8. The van der Waals surface area contributed by atoms with Gasteiger partial charge in [0.05, 0.1) is 10.5 Å². The van der Waals surface area contributed by atoms with Crippen LogP contribution in [0.1, 0.15) is 16.7 Å². The topological polar surface area (TPSA) is 37.4 Å². The van der Waals surface area contributed by atoms with E-state index < -0.39 is 21.8 Å². The Hall–Kier alpha value is -1.86. The molecule has 0 aliphatic carbocycles. The third kappa shape index (κ3) is 3.92. The van der Waals surface area contributed by atoms with Crippen molar-refractivity contribution in [2.75, 3.05) is 7.05 Å². The molecular formula is C16H16F3NO2S. The summed E-state index contributed by atoms with van der Waals surface area (Å²) in [6, 6.07) is 11.1. The van der Waals surface area contributed by atoms with Crippen molar-refractivity contribution in [2.45, 2.75) is 24.5 Å². The minimum atomic E-state index is -4.52. The smallest absolute Gasteiger partial charge is 0.207 e. The maximum atomic E-state index is 13.0. The van der Waals surface area contributed by atoms with E-state index >= 15 is 0 Å². The van der Waals surface area contributed by atoms with Crippen LogP contribution in [0.4, 0.5) is 13.2 Å². The first-order valence-corrected chi connectivity index (χ1v) is 8.24. The molecule has 0 heterocycles. The van der Waals surface area contributed by atoms with Gasteiger partial charge in [-0.05, 0) is 30.7 Å². The maximum absolute atomic E-state index is 13.0. The first kappa shape index (κ1) is 17.5. The highest BCUT2D eigenvalue weighted by molar-refractivity contribution is 7.89. The SMILES string of the molecule is Cc1ccc(S(=O)(=O)N(C)Cc2ccccc2C(F)(F)F)cc1. The summed E-state index contributed by atoms with van der Waals surface area (Å²) in [5.41, 5.74) is -0.0156. The summed E-state index contributed by atoms with van der Waals surface area (Å²) in [6.45, 7) is 1.46. The van der Waals surface area contributed by atoms with E-state index in [2.05, 4.69) is 0 Å². The van der Waals surface area contributed by atoms with Crippen LogP contribution in [0.3, 0.4) is 0 Å². The zero-order chi connectivity index (χ0) is 17.3. The number of aryl methyl sites for hydroxylation is 1. The molecule has 0 aliphatic rings. The molecule has 0 amide bonds. The molecule has 0 radical (unpaired) electrons. The van der Waals surface area contributed by atoms with Gasteiger partial charge in [0.15, 0.2) is 0 Å². The lowest BCUT2D eigenvalue weighted by molar-refractivity contribution is -0.138. The second-order valence-corrected chi connectivity index (χ2v) is 7.27. The lowest BCUT2D eigenvalue weighted by Crippen LogP contribution is -2.27. The molecule has 0 aliphatic heterocycles. The van der Waals surface area contributed by atoms with Crippen LogP contribution in [-0.4, -0.2) is 19.8 Å². The van der Waals surface area contributed by atoms with Crippen molar-refractivity contribution in [3.63, 3.8) is 0 Å². The Morgan fingerprint density at radius 3 is 2.13 bits per heavy atom. The highest BCUT2D eigenvalue weighted by Gasteiger charge is 2.34. The summed E-state index contributed by atoms with van der Waals surface area (Å²) in [5.74, 6) is 0. The third-order valence-electron chi connectivity index (χ3n) is 3.44. The van der Waals surface area contributed by atoms with Crippen molar-refractivity contribution in [3.05, 3.63) is 65.2 Å². The first-order chi connectivity index (χ1) is 10.6. The fourth-order valence-corrected chi connectivity index (χ4v) is 3.30. The molecule has 0 fully saturated rings. The van der Waals surface area contributed by atoms with Gasteiger partial charge in [-0.2, -0.15) is 17.5 Å². The van der Waals surface area contributed by atoms with Crippen molar-refractivity contribution in [1.82, 2.24) is 4.31 Å².